The zero-order valence-electron chi connectivity index (χ0n) is 14.3. The Hall–Kier alpha value is -1.31. The molecular weight excluding hydrogens is 371 g/mol. The Kier molecular flexibility index (Phi) is 7.32. The van der Waals surface area contributed by atoms with Gasteiger partial charge in [-0.3, -0.25) is 4.90 Å². The molecule has 1 heterocycles. The van der Waals surface area contributed by atoms with Crippen molar-refractivity contribution in [1.29, 1.82) is 0 Å². The highest BCUT2D eigenvalue weighted by molar-refractivity contribution is 5.89. The molecule has 2 atom stereocenters. The van der Waals surface area contributed by atoms with Crippen molar-refractivity contribution in [1.82, 2.24) is 4.90 Å². The molecule has 0 radical (unpaired) electrons. The Labute approximate surface area is 157 Å². The molecule has 1 saturated heterocycles. The zero-order chi connectivity index (χ0) is 17.9. The summed E-state index contributed by atoms with van der Waals surface area (Å²) in [5, 5.41) is 0. The number of carbonyl (C=O) groups is 1. The first-order chi connectivity index (χ1) is 11.9. The second kappa shape index (κ2) is 9.06. The molecule has 1 aliphatic carbocycles. The molecule has 1 saturated carbocycles. The molecule has 26 heavy (non-hydrogen) atoms. The van der Waals surface area contributed by atoms with Gasteiger partial charge >= 0.3 is 12.1 Å². The number of hydrogen-bond acceptors (Lipinski definition) is 4. The standard InChI is InChI=1S/C18H22F3NO3.ClH/c19-18(20,21)14-5-3-4-13(12-14)17(23)25-16-7-2-1-6-15(16)22-8-10-24-11-9-22;/h3-5,12,15-16H,1-2,6-11H2;1H/t15-,16-;/m1./s1. The quantitative estimate of drug-likeness (QED) is 0.729. The third-order valence-corrected chi connectivity index (χ3v) is 4.87. The van der Waals surface area contributed by atoms with Crippen LogP contribution >= 0.6 is 12.4 Å². The lowest BCUT2D eigenvalue weighted by molar-refractivity contribution is -0.137. The number of morpholine rings is 1. The molecule has 1 aliphatic heterocycles. The van der Waals surface area contributed by atoms with Gasteiger partial charge in [0, 0.05) is 19.1 Å². The average Bonchev–Trinajstić information content (AvgIpc) is 2.62. The Morgan fingerprint density at radius 1 is 1.15 bits per heavy atom. The first-order valence-corrected chi connectivity index (χ1v) is 8.65. The van der Waals surface area contributed by atoms with Crippen LogP contribution in [0.3, 0.4) is 0 Å². The fourth-order valence-electron chi connectivity index (χ4n) is 3.57. The van der Waals surface area contributed by atoms with Crippen molar-refractivity contribution in [3.8, 4) is 0 Å². The molecule has 0 bridgehead atoms. The largest absolute Gasteiger partial charge is 0.457 e. The highest BCUT2D eigenvalue weighted by atomic mass is 35.5. The summed E-state index contributed by atoms with van der Waals surface area (Å²) in [7, 11) is 0. The van der Waals surface area contributed by atoms with Gasteiger partial charge in [-0.05, 0) is 37.5 Å². The molecule has 0 spiro atoms. The Morgan fingerprint density at radius 2 is 1.85 bits per heavy atom. The van der Waals surface area contributed by atoms with Crippen LogP contribution < -0.4 is 0 Å². The smallest absolute Gasteiger partial charge is 0.416 e. The minimum atomic E-state index is -4.47. The molecule has 8 heteroatoms. The van der Waals surface area contributed by atoms with Crippen LogP contribution in [0.1, 0.15) is 41.6 Å². The van der Waals surface area contributed by atoms with Crippen molar-refractivity contribution < 1.29 is 27.4 Å². The maximum Gasteiger partial charge on any atom is 0.416 e. The summed E-state index contributed by atoms with van der Waals surface area (Å²) >= 11 is 0. The Bertz CT molecular complexity index is 606. The van der Waals surface area contributed by atoms with E-state index in [2.05, 4.69) is 4.90 Å². The fourth-order valence-corrected chi connectivity index (χ4v) is 3.57. The van der Waals surface area contributed by atoms with Gasteiger partial charge in [0.1, 0.15) is 6.10 Å². The van der Waals surface area contributed by atoms with Crippen LogP contribution in [0.5, 0.6) is 0 Å². The number of esters is 1. The summed E-state index contributed by atoms with van der Waals surface area (Å²) in [5.74, 6) is -0.684. The molecule has 1 aromatic rings. The summed E-state index contributed by atoms with van der Waals surface area (Å²) in [5.41, 5.74) is -0.892. The zero-order valence-corrected chi connectivity index (χ0v) is 15.2. The van der Waals surface area contributed by atoms with E-state index in [9.17, 15) is 18.0 Å². The maximum absolute atomic E-state index is 12.8. The van der Waals surface area contributed by atoms with E-state index in [1.54, 1.807) is 0 Å². The van der Waals surface area contributed by atoms with Gasteiger partial charge < -0.3 is 9.47 Å². The van der Waals surface area contributed by atoms with Crippen molar-refractivity contribution in [2.45, 2.75) is 44.0 Å². The molecule has 2 aliphatic rings. The highest BCUT2D eigenvalue weighted by Crippen LogP contribution is 2.31. The van der Waals surface area contributed by atoms with Gasteiger partial charge in [0.05, 0.1) is 24.3 Å². The summed E-state index contributed by atoms with van der Waals surface area (Å²) in [6, 6.07) is 4.53. The summed E-state index contributed by atoms with van der Waals surface area (Å²) < 4.78 is 49.5. The van der Waals surface area contributed by atoms with Gasteiger partial charge in [-0.2, -0.15) is 13.2 Å². The molecule has 0 amide bonds. The fraction of sp³-hybridized carbons (Fsp3) is 0.611. The molecule has 1 aromatic carbocycles. The normalized spacial score (nSPS) is 24.6. The van der Waals surface area contributed by atoms with E-state index in [1.165, 1.54) is 12.1 Å². The number of hydrogen-bond donors (Lipinski definition) is 0. The van der Waals surface area contributed by atoms with Crippen molar-refractivity contribution in [2.75, 3.05) is 26.3 Å². The lowest BCUT2D eigenvalue weighted by atomic mass is 9.91. The first-order valence-electron chi connectivity index (χ1n) is 8.65. The minimum absolute atomic E-state index is 0. The molecular formula is C18H23ClF3NO3. The number of alkyl halides is 3. The number of carbonyl (C=O) groups excluding carboxylic acids is 1. The molecule has 2 fully saturated rings. The van der Waals surface area contributed by atoms with Crippen molar-refractivity contribution in [3.63, 3.8) is 0 Å². The van der Waals surface area contributed by atoms with Crippen molar-refractivity contribution in [2.24, 2.45) is 0 Å². The van der Waals surface area contributed by atoms with Crippen LogP contribution in [0, 0.1) is 0 Å². The lowest BCUT2D eigenvalue weighted by Gasteiger charge is -2.41. The number of ether oxygens (including phenoxy) is 2. The van der Waals surface area contributed by atoms with Crippen LogP contribution in [0.15, 0.2) is 24.3 Å². The predicted octanol–water partition coefficient (Wildman–Crippen LogP) is 3.93. The van der Waals surface area contributed by atoms with Gasteiger partial charge in [-0.25, -0.2) is 4.79 Å². The molecule has 0 aromatic heterocycles. The third-order valence-electron chi connectivity index (χ3n) is 4.87. The predicted molar refractivity (Wildman–Crippen MR) is 92.5 cm³/mol. The number of nitrogens with zero attached hydrogens (tertiary/aromatic N) is 1. The minimum Gasteiger partial charge on any atom is -0.457 e. The van der Waals surface area contributed by atoms with Crippen LogP contribution in [0.25, 0.3) is 0 Å². The molecule has 0 N–H and O–H groups in total. The monoisotopic (exact) mass is 393 g/mol. The number of halogens is 4. The van der Waals surface area contributed by atoms with Gasteiger partial charge in [-0.15, -0.1) is 12.4 Å². The SMILES string of the molecule is Cl.O=C(O[C@@H]1CCCC[C@H]1N1CCOCC1)c1cccc(C(F)(F)F)c1. The van der Waals surface area contributed by atoms with E-state index in [0.29, 0.717) is 13.2 Å². The van der Waals surface area contributed by atoms with E-state index < -0.39 is 17.7 Å². The van der Waals surface area contributed by atoms with Crippen molar-refractivity contribution in [3.05, 3.63) is 35.4 Å². The van der Waals surface area contributed by atoms with E-state index in [1.807, 2.05) is 0 Å². The molecule has 3 rings (SSSR count). The van der Waals surface area contributed by atoms with E-state index in [0.717, 1.165) is 50.9 Å². The Balaban J connectivity index is 0.00000243. The third kappa shape index (κ3) is 5.11. The van der Waals surface area contributed by atoms with Gasteiger partial charge in [0.25, 0.3) is 0 Å². The summed E-state index contributed by atoms with van der Waals surface area (Å²) in [6.07, 6.45) is -1.06. The summed E-state index contributed by atoms with van der Waals surface area (Å²) in [4.78, 5) is 14.7. The molecule has 0 unspecified atom stereocenters. The van der Waals surface area contributed by atoms with Gasteiger partial charge in [-0.1, -0.05) is 12.5 Å². The van der Waals surface area contributed by atoms with Crippen LogP contribution in [0.2, 0.25) is 0 Å². The molecule has 146 valence electrons. The average molecular weight is 394 g/mol. The van der Waals surface area contributed by atoms with E-state index in [4.69, 9.17) is 9.47 Å². The van der Waals surface area contributed by atoms with Crippen LogP contribution in [-0.4, -0.2) is 49.3 Å². The second-order valence-corrected chi connectivity index (χ2v) is 6.52. The van der Waals surface area contributed by atoms with Crippen LogP contribution in [-0.2, 0) is 15.7 Å². The van der Waals surface area contributed by atoms with E-state index in [-0.39, 0.29) is 30.1 Å². The van der Waals surface area contributed by atoms with Crippen molar-refractivity contribution >= 4 is 18.4 Å². The number of benzene rings is 1. The van der Waals surface area contributed by atoms with Gasteiger partial charge in [0.2, 0.25) is 0 Å². The van der Waals surface area contributed by atoms with E-state index >= 15 is 0 Å². The first kappa shape index (κ1) is 21.0. The molecule has 4 nitrogen and oxygen atoms in total. The summed E-state index contributed by atoms with van der Waals surface area (Å²) in [6.45, 7) is 2.90. The van der Waals surface area contributed by atoms with Crippen LogP contribution in [0.4, 0.5) is 13.2 Å². The maximum atomic E-state index is 12.8. The Morgan fingerprint density at radius 3 is 2.54 bits per heavy atom. The number of rotatable bonds is 3. The topological polar surface area (TPSA) is 38.8 Å². The lowest BCUT2D eigenvalue weighted by Crippen LogP contribution is -2.51. The highest BCUT2D eigenvalue weighted by Gasteiger charge is 2.35. The van der Waals surface area contributed by atoms with Gasteiger partial charge in [0.15, 0.2) is 0 Å². The second-order valence-electron chi connectivity index (χ2n) is 6.52.